The van der Waals surface area contributed by atoms with Gasteiger partial charge in [-0.1, -0.05) is 6.92 Å². The minimum atomic E-state index is -1.03. The van der Waals surface area contributed by atoms with Gasteiger partial charge in [0.2, 0.25) is 0 Å². The van der Waals surface area contributed by atoms with Crippen LogP contribution in [0, 0.1) is 5.92 Å². The van der Waals surface area contributed by atoms with Crippen LogP contribution in [0.25, 0.3) is 0 Å². The molecule has 0 fully saturated rings. The number of aldehydes is 2. The van der Waals surface area contributed by atoms with Gasteiger partial charge >= 0.3 is 0 Å². The van der Waals surface area contributed by atoms with Crippen molar-refractivity contribution in [2.75, 3.05) is 0 Å². The van der Waals surface area contributed by atoms with Crippen molar-refractivity contribution in [1.29, 1.82) is 0 Å². The number of hydrogen-bond donors (Lipinski definition) is 0. The Kier molecular flexibility index (Phi) is 3.51. The van der Waals surface area contributed by atoms with Crippen molar-refractivity contribution in [3.63, 3.8) is 0 Å². The first-order chi connectivity index (χ1) is 4.26. The van der Waals surface area contributed by atoms with Crippen molar-refractivity contribution in [2.45, 2.75) is 13.3 Å². The molecular weight excluding hydrogens is 120 g/mol. The van der Waals surface area contributed by atoms with Gasteiger partial charge in [0, 0.05) is 6.42 Å². The summed E-state index contributed by atoms with van der Waals surface area (Å²) >= 11 is 0. The zero-order valence-corrected chi connectivity index (χ0v) is 5.16. The van der Waals surface area contributed by atoms with Gasteiger partial charge < -0.3 is 9.59 Å². The molecule has 0 spiro atoms. The predicted octanol–water partition coefficient (Wildman–Crippen LogP) is -0.0205. The van der Waals surface area contributed by atoms with Gasteiger partial charge in [-0.25, -0.2) is 0 Å². The molecule has 3 heteroatoms. The van der Waals surface area contributed by atoms with E-state index in [4.69, 9.17) is 0 Å². The van der Waals surface area contributed by atoms with Crippen LogP contribution in [0.15, 0.2) is 0 Å². The Morgan fingerprint density at radius 1 is 1.44 bits per heavy atom. The maximum atomic E-state index is 10.5. The first-order valence-corrected chi connectivity index (χ1v) is 2.69. The van der Waals surface area contributed by atoms with Crippen LogP contribution < -0.4 is 0 Å². The predicted molar refractivity (Wildman–Crippen MR) is 30.9 cm³/mol. The van der Waals surface area contributed by atoms with Crippen LogP contribution in [0.1, 0.15) is 13.3 Å². The molecule has 0 saturated carbocycles. The average Bonchev–Trinajstić information content (AvgIpc) is 1.90. The lowest BCUT2D eigenvalue weighted by Crippen LogP contribution is -2.15. The molecule has 0 aromatic heterocycles. The van der Waals surface area contributed by atoms with E-state index in [9.17, 15) is 14.4 Å². The van der Waals surface area contributed by atoms with Crippen LogP contribution >= 0.6 is 0 Å². The van der Waals surface area contributed by atoms with Gasteiger partial charge in [0.15, 0.2) is 0 Å². The number of carbonyl (C=O) groups is 3. The van der Waals surface area contributed by atoms with Crippen LogP contribution in [0.3, 0.4) is 0 Å². The van der Waals surface area contributed by atoms with Gasteiger partial charge in [0.25, 0.3) is 0 Å². The highest BCUT2D eigenvalue weighted by molar-refractivity contribution is 6.05. The molecule has 0 aliphatic rings. The molecule has 0 saturated heterocycles. The number of carbonyl (C=O) groups excluding carboxylic acids is 3. The van der Waals surface area contributed by atoms with E-state index in [0.717, 1.165) is 0 Å². The average molecular weight is 128 g/mol. The van der Waals surface area contributed by atoms with Crippen molar-refractivity contribution in [2.24, 2.45) is 5.92 Å². The molecule has 3 nitrogen and oxygen atoms in total. The Morgan fingerprint density at radius 2 is 1.89 bits per heavy atom. The van der Waals surface area contributed by atoms with Crippen molar-refractivity contribution in [3.8, 4) is 0 Å². The molecule has 0 radical (unpaired) electrons. The van der Waals surface area contributed by atoms with E-state index in [1.165, 1.54) is 0 Å². The molecule has 9 heavy (non-hydrogen) atoms. The molecule has 0 N–H and O–H groups in total. The molecule has 0 aliphatic heterocycles. The van der Waals surface area contributed by atoms with Crippen LogP contribution in [-0.2, 0) is 14.4 Å². The van der Waals surface area contributed by atoms with Gasteiger partial charge in [0.05, 0.1) is 0 Å². The second-order valence-corrected chi connectivity index (χ2v) is 1.62. The number of rotatable bonds is 4. The van der Waals surface area contributed by atoms with E-state index in [1.54, 1.807) is 6.92 Å². The molecule has 0 atom stereocenters. The minimum Gasteiger partial charge on any atom is -0.302 e. The fraction of sp³-hybridized carbons (Fsp3) is 0.500. The normalized spacial score (nSPS) is 9.11. The molecule has 50 valence electrons. The smallest absolute Gasteiger partial charge is 0.149 e. The van der Waals surface area contributed by atoms with Crippen molar-refractivity contribution in [3.05, 3.63) is 0 Å². The van der Waals surface area contributed by atoms with E-state index in [2.05, 4.69) is 0 Å². The quantitative estimate of drug-likeness (QED) is 0.395. The molecular formula is C6H8O3. The van der Waals surface area contributed by atoms with E-state index in [-0.39, 0.29) is 12.2 Å². The zero-order valence-electron chi connectivity index (χ0n) is 5.16. The first-order valence-electron chi connectivity index (χ1n) is 2.69. The molecule has 0 aliphatic carbocycles. The highest BCUT2D eigenvalue weighted by Crippen LogP contribution is 1.92. The van der Waals surface area contributed by atoms with Crippen molar-refractivity contribution in [1.82, 2.24) is 0 Å². The molecule has 0 amide bonds. The van der Waals surface area contributed by atoms with Gasteiger partial charge in [-0.2, -0.15) is 0 Å². The van der Waals surface area contributed by atoms with Gasteiger partial charge in [0.1, 0.15) is 24.3 Å². The third kappa shape index (κ3) is 2.17. The fourth-order valence-electron chi connectivity index (χ4n) is 0.420. The monoisotopic (exact) mass is 128 g/mol. The standard InChI is InChI=1S/C6H8O3/c1-2-6(9)5(3-7)4-8/h3-5H,2H2,1H3. The Hall–Kier alpha value is -0.990. The van der Waals surface area contributed by atoms with Crippen LogP contribution in [0.4, 0.5) is 0 Å². The lowest BCUT2D eigenvalue weighted by molar-refractivity contribution is -0.131. The van der Waals surface area contributed by atoms with Crippen LogP contribution in [0.5, 0.6) is 0 Å². The molecule has 0 aromatic carbocycles. The number of hydrogen-bond acceptors (Lipinski definition) is 3. The lowest BCUT2D eigenvalue weighted by Gasteiger charge is -1.94. The summed E-state index contributed by atoms with van der Waals surface area (Å²) in [5.74, 6) is -1.35. The first kappa shape index (κ1) is 8.01. The summed E-state index contributed by atoms with van der Waals surface area (Å²) in [5, 5.41) is 0. The highest BCUT2D eigenvalue weighted by Gasteiger charge is 2.12. The van der Waals surface area contributed by atoms with Gasteiger partial charge in [-0.15, -0.1) is 0 Å². The minimum absolute atomic E-state index is 0.238. The maximum Gasteiger partial charge on any atom is 0.149 e. The Labute approximate surface area is 53.0 Å². The van der Waals surface area contributed by atoms with E-state index in [0.29, 0.717) is 12.6 Å². The molecule has 0 bridgehead atoms. The number of ketones is 1. The zero-order chi connectivity index (χ0) is 7.28. The summed E-state index contributed by atoms with van der Waals surface area (Å²) in [4.78, 5) is 30.3. The van der Waals surface area contributed by atoms with E-state index in [1.807, 2.05) is 0 Å². The summed E-state index contributed by atoms with van der Waals surface area (Å²) in [6.07, 6.45) is 0.958. The van der Waals surface area contributed by atoms with Crippen molar-refractivity contribution < 1.29 is 14.4 Å². The summed E-state index contributed by atoms with van der Waals surface area (Å²) < 4.78 is 0. The largest absolute Gasteiger partial charge is 0.302 e. The Bertz CT molecular complexity index is 120. The van der Waals surface area contributed by atoms with E-state index >= 15 is 0 Å². The lowest BCUT2D eigenvalue weighted by atomic mass is 10.1. The van der Waals surface area contributed by atoms with Crippen LogP contribution in [-0.4, -0.2) is 18.4 Å². The molecule has 0 rings (SSSR count). The second kappa shape index (κ2) is 3.95. The van der Waals surface area contributed by atoms with Gasteiger partial charge in [-0.05, 0) is 0 Å². The second-order valence-electron chi connectivity index (χ2n) is 1.62. The van der Waals surface area contributed by atoms with Crippen LogP contribution in [0.2, 0.25) is 0 Å². The fourth-order valence-corrected chi connectivity index (χ4v) is 0.420. The SMILES string of the molecule is CCC(=O)C(C=O)C=O. The third-order valence-electron chi connectivity index (χ3n) is 1.01. The highest BCUT2D eigenvalue weighted by atomic mass is 16.2. The molecule has 0 aromatic rings. The summed E-state index contributed by atoms with van der Waals surface area (Å²) in [5.41, 5.74) is 0. The van der Waals surface area contributed by atoms with Crippen molar-refractivity contribution >= 4 is 18.4 Å². The summed E-state index contributed by atoms with van der Waals surface area (Å²) in [7, 11) is 0. The number of Topliss-reactive ketones (excluding diaryl/α,β-unsaturated/α-hetero) is 1. The molecule has 0 unspecified atom stereocenters. The Morgan fingerprint density at radius 3 is 2.00 bits per heavy atom. The van der Waals surface area contributed by atoms with E-state index < -0.39 is 5.92 Å². The maximum absolute atomic E-state index is 10.5. The molecule has 0 heterocycles. The third-order valence-corrected chi connectivity index (χ3v) is 1.01. The summed E-state index contributed by atoms with van der Waals surface area (Å²) in [6, 6.07) is 0. The topological polar surface area (TPSA) is 51.2 Å². The van der Waals surface area contributed by atoms with Gasteiger partial charge in [-0.3, -0.25) is 4.79 Å². The summed E-state index contributed by atoms with van der Waals surface area (Å²) in [6.45, 7) is 1.61. The Balaban J connectivity index is 3.93.